The number of methoxy groups -OCH3 is 1. The van der Waals surface area contributed by atoms with Crippen LogP contribution in [0.2, 0.25) is 0 Å². The van der Waals surface area contributed by atoms with E-state index in [-0.39, 0.29) is 5.82 Å². The van der Waals surface area contributed by atoms with Crippen LogP contribution in [-0.2, 0) is 11.3 Å². The molecule has 0 saturated carbocycles. The number of nitrogens with zero attached hydrogens (tertiary/aromatic N) is 2. The Balaban J connectivity index is 2.03. The first kappa shape index (κ1) is 15.2. The van der Waals surface area contributed by atoms with Crippen molar-refractivity contribution in [3.8, 4) is 0 Å². The maximum Gasteiger partial charge on any atom is 0.170 e. The predicted molar refractivity (Wildman–Crippen MR) is 78.4 cm³/mol. The molecule has 1 aliphatic rings. The summed E-state index contributed by atoms with van der Waals surface area (Å²) in [6, 6.07) is 1.75. The number of aromatic nitrogens is 1. The number of ether oxygens (including phenoxy) is 1. The second-order valence-corrected chi connectivity index (χ2v) is 5.34. The molecule has 0 amide bonds. The third-order valence-corrected chi connectivity index (χ3v) is 3.68. The van der Waals surface area contributed by atoms with E-state index in [9.17, 15) is 4.39 Å². The standard InChI is InChI=1S/C15H24FN3O/c1-3-6-17-9-13-4-7-18-15(14(13)16)19-8-5-12(10-19)11-20-2/h4,7,12,17H,3,5-6,8-11H2,1-2H3. The van der Waals surface area contributed by atoms with Gasteiger partial charge in [0.25, 0.3) is 0 Å². The molecule has 112 valence electrons. The normalized spacial score (nSPS) is 18.8. The minimum absolute atomic E-state index is 0.186. The summed E-state index contributed by atoms with van der Waals surface area (Å²) in [5, 5.41) is 3.23. The zero-order valence-corrected chi connectivity index (χ0v) is 12.4. The zero-order valence-electron chi connectivity index (χ0n) is 12.4. The molecule has 1 aliphatic heterocycles. The SMILES string of the molecule is CCCNCc1ccnc(N2CCC(COC)C2)c1F. The van der Waals surface area contributed by atoms with Crippen LogP contribution in [0.5, 0.6) is 0 Å². The Morgan fingerprint density at radius 2 is 2.40 bits per heavy atom. The minimum Gasteiger partial charge on any atom is -0.384 e. The van der Waals surface area contributed by atoms with Crippen LogP contribution >= 0.6 is 0 Å². The van der Waals surface area contributed by atoms with Crippen molar-refractivity contribution in [2.24, 2.45) is 5.92 Å². The quantitative estimate of drug-likeness (QED) is 0.778. The summed E-state index contributed by atoms with van der Waals surface area (Å²) in [4.78, 5) is 6.26. The zero-order chi connectivity index (χ0) is 14.4. The van der Waals surface area contributed by atoms with Crippen molar-refractivity contribution in [2.75, 3.05) is 38.3 Å². The van der Waals surface area contributed by atoms with Crippen LogP contribution in [0.4, 0.5) is 10.2 Å². The Hall–Kier alpha value is -1.20. The third kappa shape index (κ3) is 3.67. The molecule has 0 aliphatic carbocycles. The van der Waals surface area contributed by atoms with E-state index >= 15 is 0 Å². The van der Waals surface area contributed by atoms with Crippen LogP contribution in [0.1, 0.15) is 25.3 Å². The summed E-state index contributed by atoms with van der Waals surface area (Å²) in [5.41, 5.74) is 0.693. The summed E-state index contributed by atoms with van der Waals surface area (Å²) in [5.74, 6) is 0.775. The molecule has 1 unspecified atom stereocenters. The summed E-state index contributed by atoms with van der Waals surface area (Å²) in [7, 11) is 1.71. The molecule has 0 spiro atoms. The summed E-state index contributed by atoms with van der Waals surface area (Å²) >= 11 is 0. The van der Waals surface area contributed by atoms with Crippen molar-refractivity contribution in [1.82, 2.24) is 10.3 Å². The van der Waals surface area contributed by atoms with Crippen molar-refractivity contribution in [2.45, 2.75) is 26.3 Å². The van der Waals surface area contributed by atoms with Crippen molar-refractivity contribution in [3.63, 3.8) is 0 Å². The summed E-state index contributed by atoms with van der Waals surface area (Å²) < 4.78 is 19.7. The molecule has 1 saturated heterocycles. The van der Waals surface area contributed by atoms with Crippen molar-refractivity contribution >= 4 is 5.82 Å². The number of anilines is 1. The van der Waals surface area contributed by atoms with Gasteiger partial charge in [0, 0.05) is 44.4 Å². The molecule has 1 atom stereocenters. The van der Waals surface area contributed by atoms with E-state index in [1.807, 2.05) is 4.90 Å². The van der Waals surface area contributed by atoms with Gasteiger partial charge in [-0.1, -0.05) is 6.92 Å². The molecule has 4 nitrogen and oxygen atoms in total. The van der Waals surface area contributed by atoms with Gasteiger partial charge in [0.2, 0.25) is 0 Å². The maximum absolute atomic E-state index is 14.5. The van der Waals surface area contributed by atoms with Gasteiger partial charge >= 0.3 is 0 Å². The largest absolute Gasteiger partial charge is 0.384 e. The van der Waals surface area contributed by atoms with Crippen LogP contribution in [0.15, 0.2) is 12.3 Å². The van der Waals surface area contributed by atoms with Crippen LogP contribution in [0.3, 0.4) is 0 Å². The Morgan fingerprint density at radius 3 is 3.15 bits per heavy atom. The van der Waals surface area contributed by atoms with Gasteiger partial charge in [-0.2, -0.15) is 0 Å². The van der Waals surface area contributed by atoms with E-state index in [1.165, 1.54) is 0 Å². The highest BCUT2D eigenvalue weighted by atomic mass is 19.1. The lowest BCUT2D eigenvalue weighted by atomic mass is 10.1. The van der Waals surface area contributed by atoms with E-state index in [1.54, 1.807) is 19.4 Å². The highest BCUT2D eigenvalue weighted by Crippen LogP contribution is 2.26. The first-order valence-electron chi connectivity index (χ1n) is 7.34. The molecule has 0 bridgehead atoms. The fourth-order valence-corrected chi connectivity index (χ4v) is 2.62. The highest BCUT2D eigenvalue weighted by molar-refractivity contribution is 5.44. The molecule has 1 aromatic heterocycles. The number of halogens is 1. The maximum atomic E-state index is 14.5. The molecule has 20 heavy (non-hydrogen) atoms. The molecule has 2 heterocycles. The first-order valence-corrected chi connectivity index (χ1v) is 7.34. The van der Waals surface area contributed by atoms with Crippen LogP contribution in [-0.4, -0.2) is 38.3 Å². The monoisotopic (exact) mass is 281 g/mol. The van der Waals surface area contributed by atoms with E-state index in [0.29, 0.717) is 23.8 Å². The number of pyridine rings is 1. The smallest absolute Gasteiger partial charge is 0.170 e. The lowest BCUT2D eigenvalue weighted by molar-refractivity contribution is 0.161. The lowest BCUT2D eigenvalue weighted by Gasteiger charge is -2.19. The Bertz CT molecular complexity index is 428. The van der Waals surface area contributed by atoms with Gasteiger partial charge in [-0.3, -0.25) is 0 Å². The molecule has 2 rings (SSSR count). The Kier molecular flexibility index (Phi) is 5.73. The third-order valence-electron chi connectivity index (χ3n) is 3.68. The Labute approximate surface area is 120 Å². The van der Waals surface area contributed by atoms with Gasteiger partial charge < -0.3 is 15.0 Å². The van der Waals surface area contributed by atoms with Crippen LogP contribution < -0.4 is 10.2 Å². The average molecular weight is 281 g/mol. The van der Waals surface area contributed by atoms with Crippen LogP contribution in [0.25, 0.3) is 0 Å². The molecule has 0 aromatic carbocycles. The average Bonchev–Trinajstić information content (AvgIpc) is 2.90. The second kappa shape index (κ2) is 7.55. The number of rotatable bonds is 7. The molecule has 1 aromatic rings. The van der Waals surface area contributed by atoms with E-state index in [0.717, 1.165) is 39.1 Å². The van der Waals surface area contributed by atoms with E-state index in [4.69, 9.17) is 4.74 Å². The van der Waals surface area contributed by atoms with Crippen molar-refractivity contribution < 1.29 is 9.13 Å². The molecule has 0 radical (unpaired) electrons. The van der Waals surface area contributed by atoms with Crippen molar-refractivity contribution in [3.05, 3.63) is 23.6 Å². The predicted octanol–water partition coefficient (Wildman–Crippen LogP) is 2.19. The van der Waals surface area contributed by atoms with Gasteiger partial charge in [0.05, 0.1) is 6.61 Å². The summed E-state index contributed by atoms with van der Waals surface area (Å²) in [6.07, 6.45) is 3.78. The van der Waals surface area contributed by atoms with Gasteiger partial charge in [-0.15, -0.1) is 0 Å². The minimum atomic E-state index is -0.186. The van der Waals surface area contributed by atoms with Gasteiger partial charge in [-0.05, 0) is 25.5 Å². The van der Waals surface area contributed by atoms with Crippen LogP contribution in [0, 0.1) is 11.7 Å². The molecule has 5 heteroatoms. The van der Waals surface area contributed by atoms with Gasteiger partial charge in [-0.25, -0.2) is 9.37 Å². The molecule has 1 N–H and O–H groups in total. The summed E-state index contributed by atoms with van der Waals surface area (Å²) in [6.45, 7) is 5.96. The fourth-order valence-electron chi connectivity index (χ4n) is 2.62. The molecular weight excluding hydrogens is 257 g/mol. The van der Waals surface area contributed by atoms with E-state index in [2.05, 4.69) is 17.2 Å². The lowest BCUT2D eigenvalue weighted by Crippen LogP contribution is -2.24. The van der Waals surface area contributed by atoms with Gasteiger partial charge in [0.15, 0.2) is 11.6 Å². The molecule has 1 fully saturated rings. The van der Waals surface area contributed by atoms with Gasteiger partial charge in [0.1, 0.15) is 0 Å². The Morgan fingerprint density at radius 1 is 1.55 bits per heavy atom. The number of nitrogens with one attached hydrogen (secondary N) is 1. The highest BCUT2D eigenvalue weighted by Gasteiger charge is 2.26. The van der Waals surface area contributed by atoms with E-state index < -0.39 is 0 Å². The number of hydrogen-bond donors (Lipinski definition) is 1. The molecular formula is C15H24FN3O. The van der Waals surface area contributed by atoms with Crippen molar-refractivity contribution in [1.29, 1.82) is 0 Å². The first-order chi connectivity index (χ1) is 9.76. The number of hydrogen-bond acceptors (Lipinski definition) is 4. The topological polar surface area (TPSA) is 37.4 Å². The second-order valence-electron chi connectivity index (χ2n) is 5.34. The fraction of sp³-hybridized carbons (Fsp3) is 0.667.